The van der Waals surface area contributed by atoms with Crippen LogP contribution in [0.2, 0.25) is 0 Å². The second kappa shape index (κ2) is 10.7. The van der Waals surface area contributed by atoms with Crippen molar-refractivity contribution in [3.8, 4) is 0 Å². The van der Waals surface area contributed by atoms with Crippen molar-refractivity contribution >= 4 is 24.2 Å². The molecule has 96 valence electrons. The van der Waals surface area contributed by atoms with Gasteiger partial charge in [0.2, 0.25) is 11.8 Å². The van der Waals surface area contributed by atoms with E-state index in [-0.39, 0.29) is 24.2 Å². The summed E-state index contributed by atoms with van der Waals surface area (Å²) in [6.07, 6.45) is 1.93. The van der Waals surface area contributed by atoms with Gasteiger partial charge in [-0.25, -0.2) is 0 Å². The van der Waals surface area contributed by atoms with Crippen LogP contribution in [0.25, 0.3) is 0 Å². The van der Waals surface area contributed by atoms with Crippen molar-refractivity contribution in [2.24, 2.45) is 0 Å². The van der Waals surface area contributed by atoms with Gasteiger partial charge in [-0.15, -0.1) is 12.4 Å². The predicted molar refractivity (Wildman–Crippen MR) is 66.7 cm³/mol. The summed E-state index contributed by atoms with van der Waals surface area (Å²) in [4.78, 5) is 22.7. The summed E-state index contributed by atoms with van der Waals surface area (Å²) in [6, 6.07) is -0.399. The van der Waals surface area contributed by atoms with E-state index in [1.54, 1.807) is 14.1 Å². The number of likely N-dealkylation sites (N-methyl/N-ethyl adjacent to an activating group) is 1. The molecule has 1 atom stereocenters. The summed E-state index contributed by atoms with van der Waals surface area (Å²) >= 11 is 0. The molecule has 16 heavy (non-hydrogen) atoms. The number of carbonyl (C=O) groups excluding carboxylic acids is 2. The van der Waals surface area contributed by atoms with Gasteiger partial charge in [-0.2, -0.15) is 0 Å². The van der Waals surface area contributed by atoms with Gasteiger partial charge in [0.15, 0.2) is 0 Å². The third-order valence-electron chi connectivity index (χ3n) is 2.08. The Balaban J connectivity index is 0. The molecule has 1 unspecified atom stereocenters. The highest BCUT2D eigenvalue weighted by Crippen LogP contribution is 1.97. The van der Waals surface area contributed by atoms with Crippen LogP contribution in [0.3, 0.4) is 0 Å². The molecule has 0 aromatic carbocycles. The van der Waals surface area contributed by atoms with Crippen LogP contribution in [0.4, 0.5) is 0 Å². The number of nitrogens with one attached hydrogen (secondary N) is 3. The van der Waals surface area contributed by atoms with Gasteiger partial charge in [0.1, 0.15) is 6.04 Å². The highest BCUT2D eigenvalue weighted by atomic mass is 35.5. The Kier molecular flexibility index (Phi) is 11.8. The minimum Gasteiger partial charge on any atom is -0.357 e. The lowest BCUT2D eigenvalue weighted by molar-refractivity contribution is -0.128. The fourth-order valence-electron chi connectivity index (χ4n) is 1.24. The number of hydrogen-bond acceptors (Lipinski definition) is 3. The monoisotopic (exact) mass is 251 g/mol. The molecule has 0 saturated heterocycles. The van der Waals surface area contributed by atoms with E-state index in [0.717, 1.165) is 6.42 Å². The second-order valence-electron chi connectivity index (χ2n) is 3.38. The molecule has 5 nitrogen and oxygen atoms in total. The number of hydrogen-bond donors (Lipinski definition) is 3. The molecule has 0 spiro atoms. The van der Waals surface area contributed by atoms with Gasteiger partial charge in [0.25, 0.3) is 0 Å². The van der Waals surface area contributed by atoms with Gasteiger partial charge in [0.05, 0.1) is 0 Å². The van der Waals surface area contributed by atoms with E-state index in [0.29, 0.717) is 19.4 Å². The van der Waals surface area contributed by atoms with Crippen molar-refractivity contribution in [2.75, 3.05) is 20.6 Å². The highest BCUT2D eigenvalue weighted by molar-refractivity contribution is 5.87. The number of rotatable bonds is 7. The van der Waals surface area contributed by atoms with Gasteiger partial charge in [-0.05, 0) is 13.5 Å². The molecule has 0 radical (unpaired) electrons. The number of halogens is 1. The van der Waals surface area contributed by atoms with Crippen LogP contribution >= 0.6 is 12.4 Å². The molecule has 0 fully saturated rings. The van der Waals surface area contributed by atoms with Crippen LogP contribution in [0.1, 0.15) is 26.2 Å². The van der Waals surface area contributed by atoms with E-state index in [4.69, 9.17) is 0 Å². The maximum absolute atomic E-state index is 11.4. The van der Waals surface area contributed by atoms with Gasteiger partial charge in [-0.3, -0.25) is 9.59 Å². The highest BCUT2D eigenvalue weighted by Gasteiger charge is 2.17. The molecule has 0 heterocycles. The van der Waals surface area contributed by atoms with Gasteiger partial charge in [0, 0.05) is 20.0 Å². The predicted octanol–water partition coefficient (Wildman–Crippen LogP) is 0.0486. The molecule has 6 heteroatoms. The largest absolute Gasteiger partial charge is 0.357 e. The number of carbonyl (C=O) groups is 2. The average molecular weight is 252 g/mol. The molecule has 0 aliphatic heterocycles. The zero-order chi connectivity index (χ0) is 11.7. The second-order valence-corrected chi connectivity index (χ2v) is 3.38. The molecule has 0 aromatic heterocycles. The zero-order valence-corrected chi connectivity index (χ0v) is 10.9. The van der Waals surface area contributed by atoms with E-state index < -0.39 is 6.04 Å². The van der Waals surface area contributed by atoms with E-state index in [9.17, 15) is 9.59 Å². The van der Waals surface area contributed by atoms with Crippen molar-refractivity contribution in [1.29, 1.82) is 0 Å². The van der Waals surface area contributed by atoms with Gasteiger partial charge in [-0.1, -0.05) is 13.3 Å². The molecule has 0 rings (SSSR count). The van der Waals surface area contributed by atoms with Gasteiger partial charge >= 0.3 is 0 Å². The van der Waals surface area contributed by atoms with E-state index in [1.165, 1.54) is 0 Å². The molecular formula is C10H22ClN3O2. The maximum atomic E-state index is 11.4. The molecule has 0 aliphatic rings. The Labute approximate surface area is 103 Å². The summed E-state index contributed by atoms with van der Waals surface area (Å²) in [5.74, 6) is -0.221. The van der Waals surface area contributed by atoms with Crippen LogP contribution in [0, 0.1) is 0 Å². The molecule has 2 amide bonds. The Bertz CT molecular complexity index is 212. The minimum atomic E-state index is -0.399. The van der Waals surface area contributed by atoms with Crippen LogP contribution in [0.15, 0.2) is 0 Å². The van der Waals surface area contributed by atoms with Gasteiger partial charge < -0.3 is 16.0 Å². The normalized spacial score (nSPS) is 11.2. The van der Waals surface area contributed by atoms with E-state index in [2.05, 4.69) is 16.0 Å². The quantitative estimate of drug-likeness (QED) is 0.599. The molecule has 0 bridgehead atoms. The van der Waals surface area contributed by atoms with Crippen molar-refractivity contribution in [1.82, 2.24) is 16.0 Å². The molecular weight excluding hydrogens is 230 g/mol. The van der Waals surface area contributed by atoms with Crippen molar-refractivity contribution in [3.63, 3.8) is 0 Å². The Morgan fingerprint density at radius 1 is 1.25 bits per heavy atom. The van der Waals surface area contributed by atoms with Crippen LogP contribution in [-0.4, -0.2) is 38.5 Å². The molecule has 0 saturated carbocycles. The standard InChI is InChI=1S/C10H21N3O2.ClH/c1-4-5-8(10(15)12-3)13-9(14)6-7-11-2;/h8,11H,4-7H2,1-3H3,(H,12,15)(H,13,14);1H. The minimum absolute atomic E-state index is 0. The lowest BCUT2D eigenvalue weighted by atomic mass is 10.1. The third-order valence-corrected chi connectivity index (χ3v) is 2.08. The molecule has 3 N–H and O–H groups in total. The molecule has 0 aliphatic carbocycles. The topological polar surface area (TPSA) is 70.2 Å². The number of amides is 2. The van der Waals surface area contributed by atoms with Crippen LogP contribution in [0.5, 0.6) is 0 Å². The summed E-state index contributed by atoms with van der Waals surface area (Å²) < 4.78 is 0. The summed E-state index contributed by atoms with van der Waals surface area (Å²) in [6.45, 7) is 2.61. The Morgan fingerprint density at radius 3 is 2.31 bits per heavy atom. The van der Waals surface area contributed by atoms with Crippen molar-refractivity contribution in [3.05, 3.63) is 0 Å². The smallest absolute Gasteiger partial charge is 0.242 e. The summed E-state index contributed by atoms with van der Waals surface area (Å²) in [5, 5.41) is 8.14. The lowest BCUT2D eigenvalue weighted by Gasteiger charge is -2.16. The fourth-order valence-corrected chi connectivity index (χ4v) is 1.24. The fraction of sp³-hybridized carbons (Fsp3) is 0.800. The van der Waals surface area contributed by atoms with Crippen molar-refractivity contribution < 1.29 is 9.59 Å². The van der Waals surface area contributed by atoms with Crippen molar-refractivity contribution in [2.45, 2.75) is 32.2 Å². The Morgan fingerprint density at radius 2 is 1.88 bits per heavy atom. The van der Waals surface area contributed by atoms with Crippen LogP contribution in [-0.2, 0) is 9.59 Å². The van der Waals surface area contributed by atoms with E-state index >= 15 is 0 Å². The zero-order valence-electron chi connectivity index (χ0n) is 10.1. The van der Waals surface area contributed by atoms with E-state index in [1.807, 2.05) is 6.92 Å². The summed E-state index contributed by atoms with van der Waals surface area (Å²) in [7, 11) is 3.36. The molecule has 0 aromatic rings. The first-order valence-electron chi connectivity index (χ1n) is 5.31. The maximum Gasteiger partial charge on any atom is 0.242 e. The first kappa shape index (κ1) is 17.6. The first-order valence-corrected chi connectivity index (χ1v) is 5.31. The average Bonchev–Trinajstić information content (AvgIpc) is 2.24. The summed E-state index contributed by atoms with van der Waals surface area (Å²) in [5.41, 5.74) is 0. The van der Waals surface area contributed by atoms with Crippen LogP contribution < -0.4 is 16.0 Å². The SMILES string of the molecule is CCCC(NC(=O)CCNC)C(=O)NC.Cl. The Hall–Kier alpha value is -0.810. The third kappa shape index (κ3) is 7.48. The lowest BCUT2D eigenvalue weighted by Crippen LogP contribution is -2.46. The first-order chi connectivity index (χ1) is 7.15.